The van der Waals surface area contributed by atoms with Crippen molar-refractivity contribution < 1.29 is 18.7 Å². The van der Waals surface area contributed by atoms with Gasteiger partial charge in [0.25, 0.3) is 0 Å². The Morgan fingerprint density at radius 1 is 1.10 bits per heavy atom. The van der Waals surface area contributed by atoms with Crippen molar-refractivity contribution in [1.29, 1.82) is 0 Å². The Bertz CT molecular complexity index is 1200. The van der Waals surface area contributed by atoms with E-state index in [1.807, 2.05) is 13.8 Å². The summed E-state index contributed by atoms with van der Waals surface area (Å²) < 4.78 is 11.9. The average Bonchev–Trinajstić information content (AvgIpc) is 3.13. The van der Waals surface area contributed by atoms with E-state index in [9.17, 15) is 9.59 Å². The van der Waals surface area contributed by atoms with Gasteiger partial charge < -0.3 is 14.5 Å². The Labute approximate surface area is 182 Å². The smallest absolute Gasteiger partial charge is 0.248 e. The molecule has 31 heavy (non-hydrogen) atoms. The molecule has 1 aromatic heterocycles. The van der Waals surface area contributed by atoms with Gasteiger partial charge in [0.05, 0.1) is 7.11 Å². The quantitative estimate of drug-likeness (QED) is 0.416. The van der Waals surface area contributed by atoms with Crippen LogP contribution in [0, 0.1) is 6.92 Å². The topological polar surface area (TPSA) is 68.5 Å². The lowest BCUT2D eigenvalue weighted by Gasteiger charge is -2.13. The molecule has 0 spiro atoms. The number of benzene rings is 2. The van der Waals surface area contributed by atoms with E-state index in [-0.39, 0.29) is 11.7 Å². The maximum absolute atomic E-state index is 12.6. The summed E-state index contributed by atoms with van der Waals surface area (Å²) in [6, 6.07) is 8.96. The van der Waals surface area contributed by atoms with Crippen LogP contribution in [-0.4, -0.2) is 18.8 Å². The maximum Gasteiger partial charge on any atom is 0.248 e. The first-order chi connectivity index (χ1) is 14.9. The first-order valence-corrected chi connectivity index (χ1v) is 10.6. The van der Waals surface area contributed by atoms with Crippen LogP contribution in [0.25, 0.3) is 16.5 Å². The Morgan fingerprint density at radius 2 is 1.81 bits per heavy atom. The third-order valence-electron chi connectivity index (χ3n) is 5.96. The maximum atomic E-state index is 12.6. The minimum absolute atomic E-state index is 0.00657. The average molecular weight is 418 g/mol. The summed E-state index contributed by atoms with van der Waals surface area (Å²) in [5, 5.41) is 3.98. The molecule has 4 rings (SSSR count). The van der Waals surface area contributed by atoms with Gasteiger partial charge in [0.1, 0.15) is 17.1 Å². The van der Waals surface area contributed by atoms with Crippen molar-refractivity contribution in [1.82, 2.24) is 0 Å². The molecule has 0 aliphatic heterocycles. The second kappa shape index (κ2) is 8.42. The molecule has 1 heterocycles. The molecule has 0 unspecified atom stereocenters. The first kappa shape index (κ1) is 20.9. The van der Waals surface area contributed by atoms with Crippen LogP contribution in [0.3, 0.4) is 0 Å². The van der Waals surface area contributed by atoms with E-state index < -0.39 is 0 Å². The number of nitrogens with one attached hydrogen (secondary N) is 1. The number of ketones is 1. The van der Waals surface area contributed by atoms with E-state index in [2.05, 4.69) is 11.4 Å². The Morgan fingerprint density at radius 3 is 2.48 bits per heavy atom. The highest BCUT2D eigenvalue weighted by atomic mass is 16.5. The minimum Gasteiger partial charge on any atom is -0.496 e. The molecule has 160 valence electrons. The van der Waals surface area contributed by atoms with Crippen molar-refractivity contribution in [2.75, 3.05) is 12.4 Å². The lowest BCUT2D eigenvalue weighted by atomic mass is 9.93. The number of allylic oxidation sites excluding steroid dienone is 1. The van der Waals surface area contributed by atoms with Crippen molar-refractivity contribution >= 4 is 33.9 Å². The summed E-state index contributed by atoms with van der Waals surface area (Å²) in [6.45, 7) is 5.43. The molecule has 0 fully saturated rings. The third-order valence-corrected chi connectivity index (χ3v) is 5.96. The van der Waals surface area contributed by atoms with Crippen LogP contribution in [0.4, 0.5) is 5.69 Å². The Hall–Kier alpha value is -3.34. The van der Waals surface area contributed by atoms with Crippen LogP contribution in [-0.2, 0) is 17.6 Å². The van der Waals surface area contributed by atoms with E-state index in [1.54, 1.807) is 37.5 Å². The van der Waals surface area contributed by atoms with E-state index >= 15 is 0 Å². The van der Waals surface area contributed by atoms with Crippen LogP contribution in [0.1, 0.15) is 59.5 Å². The predicted molar refractivity (Wildman–Crippen MR) is 123 cm³/mol. The summed E-state index contributed by atoms with van der Waals surface area (Å²) in [4.78, 5) is 24.0. The molecule has 5 nitrogen and oxygen atoms in total. The van der Waals surface area contributed by atoms with Crippen molar-refractivity contribution in [3.63, 3.8) is 0 Å². The minimum atomic E-state index is -0.234. The highest BCUT2D eigenvalue weighted by molar-refractivity contribution is 6.05. The predicted octanol–water partition coefficient (Wildman–Crippen LogP) is 5.87. The van der Waals surface area contributed by atoms with Crippen LogP contribution in [0.15, 0.2) is 40.8 Å². The molecule has 0 saturated carbocycles. The van der Waals surface area contributed by atoms with Crippen molar-refractivity contribution in [2.45, 2.75) is 46.5 Å². The monoisotopic (exact) mass is 417 g/mol. The van der Waals surface area contributed by atoms with Gasteiger partial charge in [0.15, 0.2) is 5.78 Å². The van der Waals surface area contributed by atoms with Gasteiger partial charge in [-0.3, -0.25) is 9.59 Å². The molecular weight excluding hydrogens is 390 g/mol. The number of amides is 1. The number of anilines is 1. The summed E-state index contributed by atoms with van der Waals surface area (Å²) in [5.41, 5.74) is 6.08. The number of carbonyl (C=O) groups excluding carboxylic acids is 2. The summed E-state index contributed by atoms with van der Waals surface area (Å²) in [5.74, 6) is 1.57. The Kier molecular flexibility index (Phi) is 5.68. The normalized spacial score (nSPS) is 13.7. The van der Waals surface area contributed by atoms with Crippen LogP contribution < -0.4 is 10.1 Å². The number of Topliss-reactive ketones (excluding diaryl/α,β-unsaturated/α-hetero) is 1. The molecule has 1 N–H and O–H groups in total. The van der Waals surface area contributed by atoms with Gasteiger partial charge in [0, 0.05) is 45.8 Å². The highest BCUT2D eigenvalue weighted by Crippen LogP contribution is 2.41. The number of carbonyl (C=O) groups is 2. The van der Waals surface area contributed by atoms with E-state index in [1.165, 1.54) is 18.9 Å². The van der Waals surface area contributed by atoms with Crippen LogP contribution in [0.2, 0.25) is 0 Å². The number of hydrogen-bond donors (Lipinski definition) is 1. The summed E-state index contributed by atoms with van der Waals surface area (Å²) in [7, 11) is 1.64. The summed E-state index contributed by atoms with van der Waals surface area (Å²) in [6.07, 6.45) is 5.90. The van der Waals surface area contributed by atoms with E-state index in [0.29, 0.717) is 11.3 Å². The molecule has 0 atom stereocenters. The van der Waals surface area contributed by atoms with Gasteiger partial charge >= 0.3 is 0 Å². The zero-order chi connectivity index (χ0) is 22.1. The van der Waals surface area contributed by atoms with Crippen LogP contribution >= 0.6 is 0 Å². The van der Waals surface area contributed by atoms with E-state index in [0.717, 1.165) is 58.4 Å². The van der Waals surface area contributed by atoms with Crippen molar-refractivity contribution in [3.8, 4) is 5.75 Å². The number of hydrogen-bond acceptors (Lipinski definition) is 4. The fourth-order valence-corrected chi connectivity index (χ4v) is 4.33. The molecule has 0 bridgehead atoms. The summed E-state index contributed by atoms with van der Waals surface area (Å²) >= 11 is 0. The number of ether oxygens (including phenoxy) is 1. The number of methoxy groups -OCH3 is 1. The molecule has 5 heteroatoms. The second-order valence-electron chi connectivity index (χ2n) is 8.12. The van der Waals surface area contributed by atoms with Gasteiger partial charge in [-0.25, -0.2) is 0 Å². The Balaban J connectivity index is 1.67. The number of aryl methyl sites for hydroxylation is 3. The molecule has 0 saturated heterocycles. The number of furan rings is 1. The lowest BCUT2D eigenvalue weighted by molar-refractivity contribution is -0.111. The first-order valence-electron chi connectivity index (χ1n) is 10.6. The molecule has 3 aromatic rings. The van der Waals surface area contributed by atoms with Crippen LogP contribution in [0.5, 0.6) is 5.75 Å². The number of fused-ring (bicyclic) bond motifs is 3. The molecule has 1 amide bonds. The second-order valence-corrected chi connectivity index (χ2v) is 8.12. The zero-order valence-corrected chi connectivity index (χ0v) is 18.4. The van der Waals surface area contributed by atoms with Gasteiger partial charge in [-0.1, -0.05) is 0 Å². The van der Waals surface area contributed by atoms with Gasteiger partial charge in [-0.15, -0.1) is 0 Å². The third kappa shape index (κ3) is 4.00. The van der Waals surface area contributed by atoms with Crippen molar-refractivity contribution in [3.05, 3.63) is 64.4 Å². The zero-order valence-electron chi connectivity index (χ0n) is 18.4. The highest BCUT2D eigenvalue weighted by Gasteiger charge is 2.23. The SMILES string of the molecule is COc1c(/C(C)=C/C(=O)Nc2ccc(C(C)=O)cc2)cc2c3c(oc2c1C)CCCC3. The molecular formula is C26H27NO4. The number of rotatable bonds is 5. The van der Waals surface area contributed by atoms with Gasteiger partial charge in [0.2, 0.25) is 5.91 Å². The molecule has 0 radical (unpaired) electrons. The largest absolute Gasteiger partial charge is 0.496 e. The molecule has 1 aliphatic rings. The van der Waals surface area contributed by atoms with E-state index in [4.69, 9.17) is 9.15 Å². The molecule has 2 aromatic carbocycles. The van der Waals surface area contributed by atoms with Gasteiger partial charge in [-0.05, 0) is 75.9 Å². The standard InChI is InChI=1S/C26H27NO4/c1-15(13-24(29)27-19-11-9-18(10-12-19)17(3)28)21-14-22-20-7-5-6-8-23(20)31-26(22)16(2)25(21)30-4/h9-14H,5-8H2,1-4H3,(H,27,29)/b15-13+. The fourth-order valence-electron chi connectivity index (χ4n) is 4.33. The fraction of sp³-hybridized carbons (Fsp3) is 0.308. The van der Waals surface area contributed by atoms with Crippen molar-refractivity contribution in [2.24, 2.45) is 0 Å². The van der Waals surface area contributed by atoms with Gasteiger partial charge in [-0.2, -0.15) is 0 Å². The lowest BCUT2D eigenvalue weighted by Crippen LogP contribution is -2.09. The molecule has 1 aliphatic carbocycles.